The minimum absolute atomic E-state index is 0.147. The summed E-state index contributed by atoms with van der Waals surface area (Å²) in [7, 11) is -4.37. The first kappa shape index (κ1) is 31.5. The van der Waals surface area contributed by atoms with E-state index in [0.717, 1.165) is 33.5 Å². The van der Waals surface area contributed by atoms with Crippen molar-refractivity contribution >= 4 is 27.5 Å². The molecular weight excluding hydrogens is 552 g/mol. The highest BCUT2D eigenvalue weighted by molar-refractivity contribution is 7.92. The summed E-state index contributed by atoms with van der Waals surface area (Å²) in [5.41, 5.74) is 0.312. The number of amides is 2. The molecule has 41 heavy (non-hydrogen) atoms. The molecular formula is C30H35F2N3O5S. The summed E-state index contributed by atoms with van der Waals surface area (Å²) in [4.78, 5) is 27.9. The van der Waals surface area contributed by atoms with Crippen molar-refractivity contribution in [2.24, 2.45) is 0 Å². The normalized spacial score (nSPS) is 12.7. The van der Waals surface area contributed by atoms with Crippen LogP contribution in [0.1, 0.15) is 39.7 Å². The molecule has 2 atom stereocenters. The van der Waals surface area contributed by atoms with Gasteiger partial charge in [-0.1, -0.05) is 25.1 Å². The minimum Gasteiger partial charge on any atom is -0.494 e. The lowest BCUT2D eigenvalue weighted by atomic mass is 10.1. The van der Waals surface area contributed by atoms with Crippen molar-refractivity contribution in [2.75, 3.05) is 17.5 Å². The number of nitrogens with one attached hydrogen (secondary N) is 1. The average molecular weight is 588 g/mol. The van der Waals surface area contributed by atoms with Crippen molar-refractivity contribution < 1.29 is 31.5 Å². The van der Waals surface area contributed by atoms with Gasteiger partial charge in [-0.2, -0.15) is 0 Å². The zero-order chi connectivity index (χ0) is 30.2. The maximum absolute atomic E-state index is 14.6. The lowest BCUT2D eigenvalue weighted by molar-refractivity contribution is -0.139. The fourth-order valence-electron chi connectivity index (χ4n) is 4.00. The van der Waals surface area contributed by atoms with Crippen molar-refractivity contribution in [3.63, 3.8) is 0 Å². The van der Waals surface area contributed by atoms with E-state index < -0.39 is 46.1 Å². The molecule has 220 valence electrons. The smallest absolute Gasteiger partial charge is 0.264 e. The van der Waals surface area contributed by atoms with E-state index in [0.29, 0.717) is 18.8 Å². The van der Waals surface area contributed by atoms with Crippen molar-refractivity contribution in [1.82, 2.24) is 10.2 Å². The highest BCUT2D eigenvalue weighted by Gasteiger charge is 2.33. The molecule has 8 nitrogen and oxygen atoms in total. The maximum atomic E-state index is 14.6. The number of carbonyl (C=O) groups excluding carboxylic acids is 2. The number of hydrogen-bond donors (Lipinski definition) is 1. The molecule has 3 aromatic carbocycles. The van der Waals surface area contributed by atoms with Gasteiger partial charge in [0.05, 0.1) is 17.2 Å². The molecule has 0 radical (unpaired) electrons. The summed E-state index contributed by atoms with van der Waals surface area (Å²) in [6.45, 7) is 6.45. The summed E-state index contributed by atoms with van der Waals surface area (Å²) in [5.74, 6) is -1.89. The molecule has 0 aliphatic heterocycles. The van der Waals surface area contributed by atoms with Gasteiger partial charge < -0.3 is 15.0 Å². The molecule has 0 saturated heterocycles. The largest absolute Gasteiger partial charge is 0.494 e. The van der Waals surface area contributed by atoms with Gasteiger partial charge in [-0.3, -0.25) is 13.9 Å². The Morgan fingerprint density at radius 2 is 1.56 bits per heavy atom. The topological polar surface area (TPSA) is 96.0 Å². The lowest BCUT2D eigenvalue weighted by Gasteiger charge is -2.32. The number of carbonyl (C=O) groups is 2. The number of halogens is 2. The van der Waals surface area contributed by atoms with Crippen LogP contribution in [0.25, 0.3) is 0 Å². The van der Waals surface area contributed by atoms with E-state index in [4.69, 9.17) is 4.74 Å². The lowest BCUT2D eigenvalue weighted by Crippen LogP contribution is -2.52. The monoisotopic (exact) mass is 587 g/mol. The van der Waals surface area contributed by atoms with Crippen LogP contribution in [-0.2, 0) is 26.2 Å². The Hall–Kier alpha value is -3.99. The van der Waals surface area contributed by atoms with Crippen molar-refractivity contribution in [3.05, 3.63) is 90.0 Å². The second kappa shape index (κ2) is 14.1. The van der Waals surface area contributed by atoms with E-state index in [1.165, 1.54) is 37.3 Å². The Morgan fingerprint density at radius 1 is 0.927 bits per heavy atom. The standard InChI is InChI=1S/C30H35F2N3O5S/c1-5-21(3)33-30(37)22(4)34(19-23-9-7-8-10-28(23)32)29(36)20-35(25-13-15-26(16-14-25)40-6-2)41(38,39)27-17-11-24(31)12-18-27/h7-18,21-22H,5-6,19-20H2,1-4H3,(H,33,37)/t21-,22+/m1/s1. The summed E-state index contributed by atoms with van der Waals surface area (Å²) >= 11 is 0. The van der Waals surface area contributed by atoms with Gasteiger partial charge in [-0.25, -0.2) is 17.2 Å². The molecule has 0 bridgehead atoms. The Labute approximate surface area is 240 Å². The molecule has 0 fully saturated rings. The highest BCUT2D eigenvalue weighted by atomic mass is 32.2. The summed E-state index contributed by atoms with van der Waals surface area (Å²) in [6.07, 6.45) is 0.654. The first-order chi connectivity index (χ1) is 19.5. The summed E-state index contributed by atoms with van der Waals surface area (Å²) in [5, 5.41) is 2.82. The van der Waals surface area contributed by atoms with Crippen LogP contribution in [0, 0.1) is 11.6 Å². The molecule has 0 aromatic heterocycles. The molecule has 2 amide bonds. The predicted octanol–water partition coefficient (Wildman–Crippen LogP) is 4.89. The van der Waals surface area contributed by atoms with Crippen LogP contribution in [0.3, 0.4) is 0 Å². The molecule has 1 N–H and O–H groups in total. The van der Waals surface area contributed by atoms with Crippen LogP contribution >= 0.6 is 0 Å². The van der Waals surface area contributed by atoms with Gasteiger partial charge >= 0.3 is 0 Å². The van der Waals surface area contributed by atoms with Gasteiger partial charge in [-0.15, -0.1) is 0 Å². The van der Waals surface area contributed by atoms with Crippen LogP contribution in [0.5, 0.6) is 5.75 Å². The highest BCUT2D eigenvalue weighted by Crippen LogP contribution is 2.27. The fourth-order valence-corrected chi connectivity index (χ4v) is 5.41. The molecule has 3 aromatic rings. The number of nitrogens with zero attached hydrogens (tertiary/aromatic N) is 2. The molecule has 0 aliphatic rings. The number of anilines is 1. The second-order valence-electron chi connectivity index (χ2n) is 9.50. The Bertz CT molecular complexity index is 1430. The first-order valence-electron chi connectivity index (χ1n) is 13.3. The van der Waals surface area contributed by atoms with Crippen molar-refractivity contribution in [2.45, 2.75) is 57.6 Å². The van der Waals surface area contributed by atoms with Gasteiger partial charge in [-0.05, 0) is 81.8 Å². The van der Waals surface area contributed by atoms with Gasteiger partial charge in [0.2, 0.25) is 11.8 Å². The van der Waals surface area contributed by atoms with Gasteiger partial charge in [0.15, 0.2) is 0 Å². The van der Waals surface area contributed by atoms with E-state index in [2.05, 4.69) is 5.32 Å². The third kappa shape index (κ3) is 8.03. The van der Waals surface area contributed by atoms with E-state index in [1.54, 1.807) is 25.1 Å². The number of benzene rings is 3. The fraction of sp³-hybridized carbons (Fsp3) is 0.333. The molecule has 0 unspecified atom stereocenters. The van der Waals surface area contributed by atoms with Gasteiger partial charge in [0.25, 0.3) is 10.0 Å². The minimum atomic E-state index is -4.37. The van der Waals surface area contributed by atoms with Crippen molar-refractivity contribution in [1.29, 1.82) is 0 Å². The van der Waals surface area contributed by atoms with Gasteiger partial charge in [0.1, 0.15) is 30.0 Å². The quantitative estimate of drug-likeness (QED) is 0.307. The molecule has 11 heteroatoms. The van der Waals surface area contributed by atoms with E-state index in [9.17, 15) is 26.8 Å². The van der Waals surface area contributed by atoms with Crippen molar-refractivity contribution in [3.8, 4) is 5.75 Å². The molecule has 0 saturated carbocycles. The summed E-state index contributed by atoms with van der Waals surface area (Å²) < 4.78 is 62.1. The molecule has 0 spiro atoms. The zero-order valence-electron chi connectivity index (χ0n) is 23.5. The first-order valence-corrected chi connectivity index (χ1v) is 14.8. The Balaban J connectivity index is 2.04. The van der Waals surface area contributed by atoms with Crippen LogP contribution in [0.15, 0.2) is 77.7 Å². The average Bonchev–Trinajstić information content (AvgIpc) is 2.95. The Kier molecular flexibility index (Phi) is 10.8. The number of hydrogen-bond acceptors (Lipinski definition) is 5. The molecule has 3 rings (SSSR count). The van der Waals surface area contributed by atoms with Gasteiger partial charge in [0, 0.05) is 18.2 Å². The van der Waals surface area contributed by atoms with Crippen LogP contribution < -0.4 is 14.4 Å². The van der Waals surface area contributed by atoms with E-state index >= 15 is 0 Å². The Morgan fingerprint density at radius 3 is 2.15 bits per heavy atom. The van der Waals surface area contributed by atoms with Crippen LogP contribution in [0.4, 0.5) is 14.5 Å². The summed E-state index contributed by atoms with van der Waals surface area (Å²) in [6, 6.07) is 15.0. The number of ether oxygens (including phenoxy) is 1. The molecule has 0 heterocycles. The van der Waals surface area contributed by atoms with Crippen LogP contribution in [-0.4, -0.2) is 50.4 Å². The number of sulfonamides is 1. The molecule has 0 aliphatic carbocycles. The SMILES string of the molecule is CCOc1ccc(N(CC(=O)N(Cc2ccccc2F)[C@@H](C)C(=O)N[C@H](C)CC)S(=O)(=O)c2ccc(F)cc2)cc1. The number of rotatable bonds is 13. The zero-order valence-corrected chi connectivity index (χ0v) is 24.3. The van der Waals surface area contributed by atoms with Crippen LogP contribution in [0.2, 0.25) is 0 Å². The second-order valence-corrected chi connectivity index (χ2v) is 11.4. The maximum Gasteiger partial charge on any atom is 0.264 e. The third-order valence-electron chi connectivity index (χ3n) is 6.58. The van der Waals surface area contributed by atoms with E-state index in [-0.39, 0.29) is 28.7 Å². The third-order valence-corrected chi connectivity index (χ3v) is 8.37. The predicted molar refractivity (Wildman–Crippen MR) is 153 cm³/mol. The van der Waals surface area contributed by atoms with E-state index in [1.807, 2.05) is 13.8 Å².